The molecule has 0 bridgehead atoms. The molecule has 0 unspecified atom stereocenters. The molecule has 0 aliphatic heterocycles. The van der Waals surface area contributed by atoms with Crippen LogP contribution in [0.5, 0.6) is 0 Å². The Bertz CT molecular complexity index is 266. The zero-order valence-electron chi connectivity index (χ0n) is 9.30. The molecular formula is C11H18FNO. The van der Waals surface area contributed by atoms with Gasteiger partial charge in [-0.05, 0) is 13.0 Å². The van der Waals surface area contributed by atoms with E-state index in [-0.39, 0.29) is 0 Å². The molecule has 0 atom stereocenters. The molecule has 0 radical (unpaired) electrons. The Balaban J connectivity index is 0. The number of nitrogens with zero attached hydrogens (tertiary/aromatic N) is 1. The first-order valence-corrected chi connectivity index (χ1v) is 4.38. The van der Waals surface area contributed by atoms with Crippen LogP contribution in [-0.2, 0) is 0 Å². The van der Waals surface area contributed by atoms with Crippen molar-refractivity contribution in [1.82, 2.24) is 5.16 Å². The third-order valence-corrected chi connectivity index (χ3v) is 1.33. The van der Waals surface area contributed by atoms with Crippen LogP contribution in [0, 0.1) is 6.92 Å². The minimum Gasteiger partial charge on any atom is -0.356 e. The summed E-state index contributed by atoms with van der Waals surface area (Å²) in [6.07, 6.45) is 3.33. The first-order valence-electron chi connectivity index (χ1n) is 4.38. The molecule has 1 rings (SSSR count). The zero-order chi connectivity index (χ0) is 11.6. The lowest BCUT2D eigenvalue weighted by atomic mass is 10.2. The number of rotatable bonds is 2. The molecule has 0 spiro atoms. The fourth-order valence-electron chi connectivity index (χ4n) is 0.790. The predicted octanol–water partition coefficient (Wildman–Crippen LogP) is 3.88. The van der Waals surface area contributed by atoms with E-state index < -0.39 is 0 Å². The second kappa shape index (κ2) is 9.71. The molecule has 0 N–H and O–H groups in total. The first kappa shape index (κ1) is 15.1. The Hall–Kier alpha value is -1.38. The van der Waals surface area contributed by atoms with Gasteiger partial charge in [0.1, 0.15) is 0 Å². The molecule has 1 aromatic heterocycles. The van der Waals surface area contributed by atoms with Gasteiger partial charge in [-0.1, -0.05) is 38.2 Å². The van der Waals surface area contributed by atoms with Crippen molar-refractivity contribution in [3.05, 3.63) is 30.2 Å². The molecular weight excluding hydrogens is 181 g/mol. The molecule has 80 valence electrons. The van der Waals surface area contributed by atoms with E-state index >= 15 is 0 Å². The van der Waals surface area contributed by atoms with Gasteiger partial charge < -0.3 is 4.52 Å². The fraction of sp³-hybridized carbons (Fsp3) is 0.364. The molecule has 0 aliphatic rings. The van der Waals surface area contributed by atoms with Gasteiger partial charge in [0.2, 0.25) is 0 Å². The van der Waals surface area contributed by atoms with Crippen LogP contribution in [-0.4, -0.2) is 12.3 Å². The van der Waals surface area contributed by atoms with Crippen LogP contribution in [0.1, 0.15) is 30.9 Å². The van der Waals surface area contributed by atoms with Gasteiger partial charge in [0.05, 0.1) is 12.9 Å². The van der Waals surface area contributed by atoms with Crippen LogP contribution in [0.3, 0.4) is 0 Å². The number of aromatic nitrogens is 1. The van der Waals surface area contributed by atoms with Crippen molar-refractivity contribution in [3.8, 4) is 0 Å². The van der Waals surface area contributed by atoms with E-state index in [4.69, 9.17) is 4.52 Å². The van der Waals surface area contributed by atoms with E-state index in [1.54, 1.807) is 12.2 Å². The molecule has 0 amide bonds. The minimum atomic E-state index is 0.500. The summed E-state index contributed by atoms with van der Waals surface area (Å²) in [7, 11) is 0.500. The molecule has 14 heavy (non-hydrogen) atoms. The van der Waals surface area contributed by atoms with Gasteiger partial charge in [0, 0.05) is 5.56 Å². The molecule has 3 heteroatoms. The SMILES string of the molecule is C=Cc1onc(C)c1C=C.CC.CF. The molecule has 0 fully saturated rings. The normalized spacial score (nSPS) is 7.50. The van der Waals surface area contributed by atoms with Crippen molar-refractivity contribution in [3.63, 3.8) is 0 Å². The highest BCUT2D eigenvalue weighted by Crippen LogP contribution is 2.14. The summed E-state index contributed by atoms with van der Waals surface area (Å²) in [4.78, 5) is 0. The van der Waals surface area contributed by atoms with Crippen molar-refractivity contribution in [2.75, 3.05) is 7.18 Å². The molecule has 0 aliphatic carbocycles. The van der Waals surface area contributed by atoms with Crippen molar-refractivity contribution < 1.29 is 8.91 Å². The average Bonchev–Trinajstić information content (AvgIpc) is 2.64. The van der Waals surface area contributed by atoms with Crippen LogP contribution >= 0.6 is 0 Å². The zero-order valence-corrected chi connectivity index (χ0v) is 9.30. The Morgan fingerprint density at radius 2 is 1.71 bits per heavy atom. The Kier molecular flexibility index (Phi) is 10.5. The van der Waals surface area contributed by atoms with Gasteiger partial charge in [0.25, 0.3) is 0 Å². The molecule has 1 aromatic rings. The highest BCUT2D eigenvalue weighted by Gasteiger charge is 2.04. The van der Waals surface area contributed by atoms with E-state index in [2.05, 4.69) is 18.3 Å². The molecule has 2 nitrogen and oxygen atoms in total. The lowest BCUT2D eigenvalue weighted by Crippen LogP contribution is -1.74. The van der Waals surface area contributed by atoms with E-state index in [0.29, 0.717) is 12.9 Å². The van der Waals surface area contributed by atoms with Crippen molar-refractivity contribution in [2.45, 2.75) is 20.8 Å². The van der Waals surface area contributed by atoms with Crippen molar-refractivity contribution in [1.29, 1.82) is 0 Å². The quantitative estimate of drug-likeness (QED) is 0.722. The van der Waals surface area contributed by atoms with Crippen LogP contribution in [0.15, 0.2) is 17.7 Å². The number of hydrogen-bond acceptors (Lipinski definition) is 2. The number of halogens is 1. The summed E-state index contributed by atoms with van der Waals surface area (Å²) < 4.78 is 14.4. The Morgan fingerprint density at radius 3 is 2.00 bits per heavy atom. The maximum atomic E-state index is 9.50. The second-order valence-electron chi connectivity index (χ2n) is 1.95. The largest absolute Gasteiger partial charge is 0.356 e. The average molecular weight is 199 g/mol. The fourth-order valence-corrected chi connectivity index (χ4v) is 0.790. The topological polar surface area (TPSA) is 26.0 Å². The van der Waals surface area contributed by atoms with Gasteiger partial charge in [-0.2, -0.15) is 0 Å². The third-order valence-electron chi connectivity index (χ3n) is 1.33. The van der Waals surface area contributed by atoms with E-state index in [1.807, 2.05) is 20.8 Å². The highest BCUT2D eigenvalue weighted by molar-refractivity contribution is 5.60. The lowest BCUT2D eigenvalue weighted by molar-refractivity contribution is 0.408. The molecule has 0 saturated heterocycles. The van der Waals surface area contributed by atoms with Gasteiger partial charge in [0.15, 0.2) is 5.76 Å². The standard InChI is InChI=1S/C8H9NO.C2H6.CH3F/c1-4-7-6(3)9-10-8(7)5-2;2*1-2/h4-5H,1-2H2,3H3;1-2H3;1H3. The van der Waals surface area contributed by atoms with E-state index in [9.17, 15) is 4.39 Å². The van der Waals surface area contributed by atoms with Crippen LogP contribution in [0.4, 0.5) is 4.39 Å². The Morgan fingerprint density at radius 1 is 1.21 bits per heavy atom. The molecule has 0 saturated carbocycles. The second-order valence-corrected chi connectivity index (χ2v) is 1.95. The maximum Gasteiger partial charge on any atom is 0.166 e. The predicted molar refractivity (Wildman–Crippen MR) is 59.8 cm³/mol. The summed E-state index contributed by atoms with van der Waals surface area (Å²) in [5.41, 5.74) is 1.78. The van der Waals surface area contributed by atoms with Crippen molar-refractivity contribution in [2.24, 2.45) is 0 Å². The minimum absolute atomic E-state index is 0.500. The highest BCUT2D eigenvalue weighted by atomic mass is 19.1. The van der Waals surface area contributed by atoms with Gasteiger partial charge in [-0.3, -0.25) is 4.39 Å². The summed E-state index contributed by atoms with van der Waals surface area (Å²) in [6, 6.07) is 0. The molecule has 0 aromatic carbocycles. The van der Waals surface area contributed by atoms with Crippen LogP contribution in [0.2, 0.25) is 0 Å². The summed E-state index contributed by atoms with van der Waals surface area (Å²) in [5.74, 6) is 0.688. The summed E-state index contributed by atoms with van der Waals surface area (Å²) >= 11 is 0. The maximum absolute atomic E-state index is 9.50. The smallest absolute Gasteiger partial charge is 0.166 e. The number of alkyl halides is 1. The van der Waals surface area contributed by atoms with Gasteiger partial charge >= 0.3 is 0 Å². The molecule has 1 heterocycles. The lowest BCUT2D eigenvalue weighted by Gasteiger charge is -1.84. The first-order chi connectivity index (χ1) is 6.79. The summed E-state index contributed by atoms with van der Waals surface area (Å²) in [5, 5.41) is 3.74. The van der Waals surface area contributed by atoms with Crippen LogP contribution in [0.25, 0.3) is 12.2 Å². The number of aryl methyl sites for hydroxylation is 1. The van der Waals surface area contributed by atoms with E-state index in [1.165, 1.54) is 0 Å². The van der Waals surface area contributed by atoms with Crippen molar-refractivity contribution >= 4 is 12.2 Å². The summed E-state index contributed by atoms with van der Waals surface area (Å²) in [6.45, 7) is 13.1. The van der Waals surface area contributed by atoms with Gasteiger partial charge in [-0.15, -0.1) is 0 Å². The Labute approximate surface area is 85.1 Å². The third kappa shape index (κ3) is 4.03. The van der Waals surface area contributed by atoms with E-state index in [0.717, 1.165) is 11.3 Å². The number of hydrogen-bond donors (Lipinski definition) is 0. The van der Waals surface area contributed by atoms with Crippen LogP contribution < -0.4 is 0 Å². The monoisotopic (exact) mass is 199 g/mol. The van der Waals surface area contributed by atoms with Gasteiger partial charge in [-0.25, -0.2) is 0 Å².